The summed E-state index contributed by atoms with van der Waals surface area (Å²) in [5, 5.41) is 2.44. The van der Waals surface area contributed by atoms with E-state index in [4.69, 9.17) is 4.74 Å². The van der Waals surface area contributed by atoms with Crippen molar-refractivity contribution >= 4 is 12.4 Å². The number of hydrogen-bond acceptors (Lipinski definition) is 3. The summed E-state index contributed by atoms with van der Waals surface area (Å²) in [6.07, 6.45) is 0.721. The quantitative estimate of drug-likeness (QED) is 0.688. The van der Waals surface area contributed by atoms with Crippen molar-refractivity contribution in [2.75, 3.05) is 0 Å². The van der Waals surface area contributed by atoms with Crippen LogP contribution in [0.15, 0.2) is 0 Å². The van der Waals surface area contributed by atoms with Gasteiger partial charge in [-0.05, 0) is 27.2 Å². The Kier molecular flexibility index (Phi) is 4.45. The first kappa shape index (κ1) is 11.9. The summed E-state index contributed by atoms with van der Waals surface area (Å²) in [7, 11) is 0. The molecule has 4 nitrogen and oxygen atoms in total. The zero-order chi connectivity index (χ0) is 10.5. The van der Waals surface area contributed by atoms with Crippen LogP contribution in [0.2, 0.25) is 0 Å². The molecule has 0 aliphatic carbocycles. The van der Waals surface area contributed by atoms with Gasteiger partial charge in [0.1, 0.15) is 11.9 Å². The van der Waals surface area contributed by atoms with Crippen molar-refractivity contribution in [1.29, 1.82) is 0 Å². The SMILES string of the molecule is CC[C@@H](C=O)NC(=O)OC(C)(C)C.[HH]. The Bertz CT molecular complexity index is 189. The average Bonchev–Trinajstić information content (AvgIpc) is 1.96. The molecule has 1 N–H and O–H groups in total. The number of hydrogen-bond donors (Lipinski definition) is 1. The van der Waals surface area contributed by atoms with E-state index in [9.17, 15) is 9.59 Å². The first-order valence-corrected chi connectivity index (χ1v) is 4.34. The van der Waals surface area contributed by atoms with Crippen molar-refractivity contribution in [2.45, 2.75) is 45.8 Å². The van der Waals surface area contributed by atoms with Gasteiger partial charge in [0.05, 0.1) is 6.04 Å². The first-order valence-electron chi connectivity index (χ1n) is 4.34. The lowest BCUT2D eigenvalue weighted by molar-refractivity contribution is -0.109. The van der Waals surface area contributed by atoms with Crippen molar-refractivity contribution in [1.82, 2.24) is 5.32 Å². The van der Waals surface area contributed by atoms with Gasteiger partial charge in [0.15, 0.2) is 0 Å². The number of aldehydes is 1. The number of amides is 1. The third-order valence-electron chi connectivity index (χ3n) is 1.31. The maximum atomic E-state index is 11.1. The lowest BCUT2D eigenvalue weighted by Crippen LogP contribution is -2.39. The highest BCUT2D eigenvalue weighted by Crippen LogP contribution is 2.06. The van der Waals surface area contributed by atoms with Gasteiger partial charge >= 0.3 is 6.09 Å². The molecule has 1 atom stereocenters. The number of alkyl carbamates (subject to hydrolysis) is 1. The zero-order valence-corrected chi connectivity index (χ0v) is 8.59. The minimum atomic E-state index is -0.550. The molecule has 0 rings (SSSR count). The molecule has 13 heavy (non-hydrogen) atoms. The second-order valence-electron chi connectivity index (χ2n) is 3.80. The molecule has 0 unspecified atom stereocenters. The lowest BCUT2D eigenvalue weighted by atomic mass is 10.2. The van der Waals surface area contributed by atoms with Crippen LogP contribution in [-0.2, 0) is 9.53 Å². The molecule has 1 amide bonds. The van der Waals surface area contributed by atoms with E-state index in [-0.39, 0.29) is 1.43 Å². The lowest BCUT2D eigenvalue weighted by Gasteiger charge is -2.20. The molecule has 0 aromatic rings. The van der Waals surface area contributed by atoms with Gasteiger partial charge in [-0.15, -0.1) is 0 Å². The monoisotopic (exact) mass is 189 g/mol. The fourth-order valence-electron chi connectivity index (χ4n) is 0.691. The molecule has 0 aliphatic rings. The van der Waals surface area contributed by atoms with Crippen LogP contribution in [-0.4, -0.2) is 24.0 Å². The number of rotatable bonds is 3. The van der Waals surface area contributed by atoms with Crippen LogP contribution in [0.5, 0.6) is 0 Å². The Hall–Kier alpha value is -1.06. The van der Waals surface area contributed by atoms with Crippen LogP contribution in [0.1, 0.15) is 35.5 Å². The van der Waals surface area contributed by atoms with Crippen molar-refractivity contribution in [3.63, 3.8) is 0 Å². The molecule has 0 saturated carbocycles. The van der Waals surface area contributed by atoms with E-state index in [1.54, 1.807) is 20.8 Å². The molecule has 0 bridgehead atoms. The second-order valence-corrected chi connectivity index (χ2v) is 3.80. The standard InChI is InChI=1S/C9H17NO3.H2/c1-5-7(6-11)10-8(12)13-9(2,3)4;/h6-7H,5H2,1-4H3,(H,10,12);1H/t7-;/m0./s1. The van der Waals surface area contributed by atoms with Gasteiger partial charge in [0.2, 0.25) is 0 Å². The van der Waals surface area contributed by atoms with Crippen LogP contribution in [0.4, 0.5) is 4.79 Å². The summed E-state index contributed by atoms with van der Waals surface area (Å²) in [4.78, 5) is 21.5. The summed E-state index contributed by atoms with van der Waals surface area (Å²) in [5.74, 6) is 0. The Morgan fingerprint density at radius 1 is 1.62 bits per heavy atom. The highest BCUT2D eigenvalue weighted by atomic mass is 16.6. The van der Waals surface area contributed by atoms with Crippen LogP contribution < -0.4 is 5.32 Å². The van der Waals surface area contributed by atoms with Crippen molar-refractivity contribution in [3.8, 4) is 0 Å². The number of carbonyl (C=O) groups excluding carboxylic acids is 2. The Morgan fingerprint density at radius 3 is 2.46 bits per heavy atom. The molecule has 0 aromatic carbocycles. The Labute approximate surface area is 80.1 Å². The van der Waals surface area contributed by atoms with Gasteiger partial charge in [-0.25, -0.2) is 4.79 Å². The summed E-state index contributed by atoms with van der Waals surface area (Å²) >= 11 is 0. The maximum Gasteiger partial charge on any atom is 0.408 e. The average molecular weight is 189 g/mol. The van der Waals surface area contributed by atoms with E-state index in [1.807, 2.05) is 6.92 Å². The van der Waals surface area contributed by atoms with E-state index in [1.165, 1.54) is 0 Å². The van der Waals surface area contributed by atoms with Gasteiger partial charge < -0.3 is 14.8 Å². The molecule has 0 radical (unpaired) electrons. The number of carbonyl (C=O) groups is 2. The normalized spacial score (nSPS) is 13.2. The highest BCUT2D eigenvalue weighted by molar-refractivity contribution is 5.73. The molecule has 0 fully saturated rings. The van der Waals surface area contributed by atoms with Crippen LogP contribution >= 0.6 is 0 Å². The summed E-state index contributed by atoms with van der Waals surface area (Å²) < 4.78 is 4.96. The molecule has 0 heterocycles. The minimum absolute atomic E-state index is 0. The molecule has 0 spiro atoms. The Balaban J connectivity index is 0. The maximum absolute atomic E-state index is 11.1. The predicted octanol–water partition coefficient (Wildman–Crippen LogP) is 1.73. The van der Waals surface area contributed by atoms with Crippen LogP contribution in [0.25, 0.3) is 0 Å². The second kappa shape index (κ2) is 4.84. The fourth-order valence-corrected chi connectivity index (χ4v) is 0.691. The van der Waals surface area contributed by atoms with Gasteiger partial charge in [0, 0.05) is 1.43 Å². The van der Waals surface area contributed by atoms with Gasteiger partial charge in [0.25, 0.3) is 0 Å². The van der Waals surface area contributed by atoms with Crippen LogP contribution in [0, 0.1) is 0 Å². The van der Waals surface area contributed by atoms with E-state index in [2.05, 4.69) is 5.32 Å². The fraction of sp³-hybridized carbons (Fsp3) is 0.778. The van der Waals surface area contributed by atoms with Gasteiger partial charge in [-0.1, -0.05) is 6.92 Å². The molecule has 78 valence electrons. The summed E-state index contributed by atoms with van der Waals surface area (Å²) in [6, 6.07) is -0.449. The molecular weight excluding hydrogens is 170 g/mol. The van der Waals surface area contributed by atoms with E-state index < -0.39 is 17.7 Å². The van der Waals surface area contributed by atoms with E-state index in [0.29, 0.717) is 12.7 Å². The molecule has 0 aromatic heterocycles. The Morgan fingerprint density at radius 2 is 2.15 bits per heavy atom. The van der Waals surface area contributed by atoms with E-state index in [0.717, 1.165) is 0 Å². The minimum Gasteiger partial charge on any atom is -0.444 e. The topological polar surface area (TPSA) is 55.4 Å². The number of ether oxygens (including phenoxy) is 1. The van der Waals surface area contributed by atoms with E-state index >= 15 is 0 Å². The van der Waals surface area contributed by atoms with Crippen molar-refractivity contribution in [3.05, 3.63) is 0 Å². The molecule has 0 saturated heterocycles. The van der Waals surface area contributed by atoms with Crippen molar-refractivity contribution < 1.29 is 15.8 Å². The summed E-state index contributed by atoms with van der Waals surface area (Å²) in [5.41, 5.74) is -0.523. The highest BCUT2D eigenvalue weighted by Gasteiger charge is 2.17. The smallest absolute Gasteiger partial charge is 0.408 e. The third kappa shape index (κ3) is 6.13. The van der Waals surface area contributed by atoms with Crippen LogP contribution in [0.3, 0.4) is 0 Å². The number of nitrogens with one attached hydrogen (secondary N) is 1. The largest absolute Gasteiger partial charge is 0.444 e. The summed E-state index contributed by atoms with van der Waals surface area (Å²) in [6.45, 7) is 7.13. The third-order valence-corrected chi connectivity index (χ3v) is 1.31. The molecule has 0 aliphatic heterocycles. The predicted molar refractivity (Wildman–Crippen MR) is 51.6 cm³/mol. The molecular formula is C9H19NO3. The van der Waals surface area contributed by atoms with Gasteiger partial charge in [-0.2, -0.15) is 0 Å². The zero-order valence-electron chi connectivity index (χ0n) is 8.59. The van der Waals surface area contributed by atoms with Crippen molar-refractivity contribution in [2.24, 2.45) is 0 Å². The first-order chi connectivity index (χ1) is 5.89. The molecule has 4 heteroatoms. The van der Waals surface area contributed by atoms with Gasteiger partial charge in [-0.3, -0.25) is 0 Å².